The molecule has 0 aliphatic heterocycles. The second-order valence-corrected chi connectivity index (χ2v) is 5.29. The molecule has 0 bridgehead atoms. The summed E-state index contributed by atoms with van der Waals surface area (Å²) in [5.74, 6) is 1.41. The number of nitrogens with one attached hydrogen (secondary N) is 1. The Kier molecular flexibility index (Phi) is 6.27. The average Bonchev–Trinajstić information content (AvgIpc) is 3.00. The van der Waals surface area contributed by atoms with Gasteiger partial charge in [0.15, 0.2) is 5.82 Å². The molecule has 0 fully saturated rings. The minimum Gasteiger partial charge on any atom is -0.334 e. The molecule has 0 aliphatic carbocycles. The zero-order valence-electron chi connectivity index (χ0n) is 12.9. The highest BCUT2D eigenvalue weighted by Gasteiger charge is 2.09. The van der Waals surface area contributed by atoms with Crippen molar-refractivity contribution in [1.29, 1.82) is 0 Å². The molecule has 1 atom stereocenters. The van der Waals surface area contributed by atoms with Crippen molar-refractivity contribution in [3.63, 3.8) is 0 Å². The molecular weight excluding hydrogens is 281 g/mol. The van der Waals surface area contributed by atoms with Crippen LogP contribution in [0.1, 0.15) is 32.0 Å². The molecule has 2 aromatic rings. The summed E-state index contributed by atoms with van der Waals surface area (Å²) in [5.41, 5.74) is 0.720. The lowest BCUT2D eigenvalue weighted by Gasteiger charge is -2.11. The second-order valence-electron chi connectivity index (χ2n) is 5.29. The van der Waals surface area contributed by atoms with Gasteiger partial charge < -0.3 is 9.84 Å². The van der Waals surface area contributed by atoms with Gasteiger partial charge in [-0.25, -0.2) is 4.39 Å². The third-order valence-electron chi connectivity index (χ3n) is 3.65. The van der Waals surface area contributed by atoms with Crippen molar-refractivity contribution in [2.24, 2.45) is 5.92 Å². The topological polar surface area (TPSA) is 51.0 Å². The number of hydrogen-bond acceptors (Lipinski definition) is 4. The quantitative estimate of drug-likeness (QED) is 0.563. The van der Waals surface area contributed by atoms with Crippen LogP contribution < -0.4 is 5.32 Å². The van der Waals surface area contributed by atoms with Gasteiger partial charge >= 0.3 is 0 Å². The normalized spacial score (nSPS) is 12.3. The van der Waals surface area contributed by atoms with E-state index in [2.05, 4.69) is 29.0 Å². The van der Waals surface area contributed by atoms with E-state index >= 15 is 0 Å². The van der Waals surface area contributed by atoms with E-state index in [1.165, 1.54) is 12.1 Å². The smallest absolute Gasteiger partial charge is 0.257 e. The standard InChI is InChI=1S/C17H22FN3O/c1-3-5-13(4-2)10-11-19-12-16-20-17(22-21-16)14-6-8-15(18)9-7-14/h3,6-9,13,19H,1,4-5,10-12H2,2H3. The first-order valence-electron chi connectivity index (χ1n) is 7.63. The third-order valence-corrected chi connectivity index (χ3v) is 3.65. The Labute approximate surface area is 130 Å². The Hall–Kier alpha value is -2.01. The van der Waals surface area contributed by atoms with Gasteiger partial charge in [-0.05, 0) is 49.6 Å². The number of halogens is 1. The van der Waals surface area contributed by atoms with Crippen LogP contribution in [0.4, 0.5) is 4.39 Å². The van der Waals surface area contributed by atoms with Gasteiger partial charge in [-0.3, -0.25) is 0 Å². The summed E-state index contributed by atoms with van der Waals surface area (Å²) in [6.45, 7) is 7.46. The largest absolute Gasteiger partial charge is 0.334 e. The van der Waals surface area contributed by atoms with Crippen LogP contribution in [0.5, 0.6) is 0 Å². The summed E-state index contributed by atoms with van der Waals surface area (Å²) in [5, 5.41) is 7.25. The van der Waals surface area contributed by atoms with Gasteiger partial charge in [0.2, 0.25) is 0 Å². The van der Waals surface area contributed by atoms with Crippen LogP contribution in [0, 0.1) is 11.7 Å². The maximum Gasteiger partial charge on any atom is 0.257 e. The van der Waals surface area contributed by atoms with Crippen LogP contribution in [0.3, 0.4) is 0 Å². The van der Waals surface area contributed by atoms with Crippen molar-refractivity contribution in [3.05, 3.63) is 48.6 Å². The maximum atomic E-state index is 12.9. The molecule has 1 N–H and O–H groups in total. The fraction of sp³-hybridized carbons (Fsp3) is 0.412. The highest BCUT2D eigenvalue weighted by atomic mass is 19.1. The van der Waals surface area contributed by atoms with E-state index in [1.54, 1.807) is 12.1 Å². The summed E-state index contributed by atoms with van der Waals surface area (Å²) >= 11 is 0. The molecule has 0 saturated carbocycles. The molecule has 22 heavy (non-hydrogen) atoms. The van der Waals surface area contributed by atoms with E-state index in [0.717, 1.165) is 31.4 Å². The van der Waals surface area contributed by atoms with Crippen LogP contribution >= 0.6 is 0 Å². The molecule has 5 heteroatoms. The Morgan fingerprint density at radius 3 is 2.82 bits per heavy atom. The number of allylic oxidation sites excluding steroid dienone is 1. The van der Waals surface area contributed by atoms with E-state index in [1.807, 2.05) is 6.08 Å². The number of benzene rings is 1. The fourth-order valence-electron chi connectivity index (χ4n) is 2.27. The SMILES string of the molecule is C=CCC(CC)CCNCc1noc(-c2ccc(F)cc2)n1. The van der Waals surface area contributed by atoms with Crippen LogP contribution in [-0.2, 0) is 6.54 Å². The van der Waals surface area contributed by atoms with Crippen molar-refractivity contribution < 1.29 is 8.91 Å². The van der Waals surface area contributed by atoms with E-state index in [-0.39, 0.29) is 5.82 Å². The van der Waals surface area contributed by atoms with Gasteiger partial charge in [0, 0.05) is 5.56 Å². The first kappa shape index (κ1) is 16.4. The predicted octanol–water partition coefficient (Wildman–Crippen LogP) is 3.96. The minimum absolute atomic E-state index is 0.282. The number of hydrogen-bond donors (Lipinski definition) is 1. The van der Waals surface area contributed by atoms with Crippen LogP contribution in [0.15, 0.2) is 41.4 Å². The van der Waals surface area contributed by atoms with Gasteiger partial charge in [0.25, 0.3) is 5.89 Å². The van der Waals surface area contributed by atoms with Gasteiger partial charge in [-0.15, -0.1) is 6.58 Å². The van der Waals surface area contributed by atoms with Crippen molar-refractivity contribution >= 4 is 0 Å². The van der Waals surface area contributed by atoms with Gasteiger partial charge in [0.1, 0.15) is 5.82 Å². The lowest BCUT2D eigenvalue weighted by Crippen LogP contribution is -2.18. The molecule has 0 radical (unpaired) electrons. The Morgan fingerprint density at radius 1 is 1.36 bits per heavy atom. The van der Waals surface area contributed by atoms with Crippen molar-refractivity contribution in [3.8, 4) is 11.5 Å². The summed E-state index contributed by atoms with van der Waals surface area (Å²) in [6, 6.07) is 6.01. The van der Waals surface area contributed by atoms with Crippen molar-refractivity contribution in [1.82, 2.24) is 15.5 Å². The molecule has 1 aromatic carbocycles. The molecule has 0 aliphatic rings. The number of aromatic nitrogens is 2. The van der Waals surface area contributed by atoms with Crippen molar-refractivity contribution in [2.75, 3.05) is 6.54 Å². The van der Waals surface area contributed by atoms with E-state index in [0.29, 0.717) is 24.2 Å². The van der Waals surface area contributed by atoms with Crippen LogP contribution in [0.2, 0.25) is 0 Å². The Bertz CT molecular complexity index is 580. The minimum atomic E-state index is -0.282. The lowest BCUT2D eigenvalue weighted by molar-refractivity contribution is 0.414. The average molecular weight is 303 g/mol. The molecule has 0 saturated heterocycles. The Balaban J connectivity index is 1.80. The second kappa shape index (κ2) is 8.44. The molecular formula is C17H22FN3O. The molecule has 0 amide bonds. The molecule has 1 heterocycles. The lowest BCUT2D eigenvalue weighted by atomic mass is 9.99. The number of nitrogens with zero attached hydrogens (tertiary/aromatic N) is 2. The van der Waals surface area contributed by atoms with Gasteiger partial charge in [0.05, 0.1) is 6.54 Å². The van der Waals surface area contributed by atoms with Crippen LogP contribution in [0.25, 0.3) is 11.5 Å². The van der Waals surface area contributed by atoms with Gasteiger partial charge in [-0.2, -0.15) is 4.98 Å². The first-order valence-corrected chi connectivity index (χ1v) is 7.63. The van der Waals surface area contributed by atoms with Crippen molar-refractivity contribution in [2.45, 2.75) is 32.7 Å². The fourth-order valence-corrected chi connectivity index (χ4v) is 2.27. The highest BCUT2D eigenvalue weighted by Crippen LogP contribution is 2.17. The van der Waals surface area contributed by atoms with E-state index in [9.17, 15) is 4.39 Å². The number of rotatable bonds is 9. The molecule has 0 spiro atoms. The van der Waals surface area contributed by atoms with E-state index < -0.39 is 0 Å². The summed E-state index contributed by atoms with van der Waals surface area (Å²) in [4.78, 5) is 4.30. The van der Waals surface area contributed by atoms with E-state index in [4.69, 9.17) is 4.52 Å². The first-order chi connectivity index (χ1) is 10.7. The third kappa shape index (κ3) is 4.77. The summed E-state index contributed by atoms with van der Waals surface area (Å²) in [7, 11) is 0. The van der Waals surface area contributed by atoms with Gasteiger partial charge in [-0.1, -0.05) is 24.6 Å². The van der Waals surface area contributed by atoms with Crippen LogP contribution in [-0.4, -0.2) is 16.7 Å². The molecule has 1 aromatic heterocycles. The molecule has 118 valence electrons. The zero-order valence-corrected chi connectivity index (χ0v) is 12.9. The summed E-state index contributed by atoms with van der Waals surface area (Å²) < 4.78 is 18.1. The maximum absolute atomic E-state index is 12.9. The molecule has 2 rings (SSSR count). The molecule has 4 nitrogen and oxygen atoms in total. The zero-order chi connectivity index (χ0) is 15.8. The molecule has 1 unspecified atom stereocenters. The predicted molar refractivity (Wildman–Crippen MR) is 84.6 cm³/mol. The summed E-state index contributed by atoms with van der Waals surface area (Å²) in [6.07, 6.45) is 5.28. The monoisotopic (exact) mass is 303 g/mol. The highest BCUT2D eigenvalue weighted by molar-refractivity contribution is 5.52. The Morgan fingerprint density at radius 2 is 2.14 bits per heavy atom.